The fraction of sp³-hybridized carbons (Fsp3) is 0.333. The van der Waals surface area contributed by atoms with E-state index in [2.05, 4.69) is 6.92 Å². The van der Waals surface area contributed by atoms with E-state index in [1.165, 1.54) is 22.2 Å². The second-order valence-electron chi connectivity index (χ2n) is 7.29. The highest BCUT2D eigenvalue weighted by molar-refractivity contribution is 8.04. The fourth-order valence-electron chi connectivity index (χ4n) is 3.37. The van der Waals surface area contributed by atoms with Gasteiger partial charge in [-0.1, -0.05) is 43.7 Å². The molecule has 5 heteroatoms. The minimum absolute atomic E-state index is 0.0536. The van der Waals surface area contributed by atoms with Crippen molar-refractivity contribution in [1.29, 1.82) is 0 Å². The molecular formula is C24H27NO3S. The van der Waals surface area contributed by atoms with Crippen molar-refractivity contribution < 1.29 is 14.7 Å². The predicted octanol–water partition coefficient (Wildman–Crippen LogP) is 4.66. The number of anilines is 1. The highest BCUT2D eigenvalue weighted by atomic mass is 32.2. The molecule has 2 amide bonds. The van der Waals surface area contributed by atoms with E-state index in [9.17, 15) is 14.7 Å². The standard InChI is InChI=1S/C24H27NO3S/c1-4-5-6-18-8-11-20(12-9-18)25-23(27)21(22(24(25)28)29-14-13-26)19-10-7-16(2)17(3)15-19/h7-12,15,26H,4-6,13-14H2,1-3H3. The number of benzene rings is 2. The molecule has 0 saturated heterocycles. The summed E-state index contributed by atoms with van der Waals surface area (Å²) in [7, 11) is 0. The van der Waals surface area contributed by atoms with Gasteiger partial charge in [0.25, 0.3) is 11.8 Å². The number of imide groups is 1. The number of hydrogen-bond donors (Lipinski definition) is 1. The Morgan fingerprint density at radius 1 is 0.966 bits per heavy atom. The number of carbonyl (C=O) groups excluding carboxylic acids is 2. The Morgan fingerprint density at radius 3 is 2.31 bits per heavy atom. The van der Waals surface area contributed by atoms with Crippen LogP contribution in [0.4, 0.5) is 5.69 Å². The number of unbranched alkanes of at least 4 members (excludes halogenated alkanes) is 1. The Hall–Kier alpha value is -2.37. The number of aliphatic hydroxyl groups is 1. The number of hydrogen-bond acceptors (Lipinski definition) is 4. The summed E-state index contributed by atoms with van der Waals surface area (Å²) in [6.45, 7) is 6.11. The molecule has 0 aromatic heterocycles. The quantitative estimate of drug-likeness (QED) is 0.645. The maximum absolute atomic E-state index is 13.3. The first-order valence-corrected chi connectivity index (χ1v) is 11.0. The predicted molar refractivity (Wildman–Crippen MR) is 120 cm³/mol. The molecular weight excluding hydrogens is 382 g/mol. The molecule has 1 aliphatic heterocycles. The topological polar surface area (TPSA) is 57.6 Å². The smallest absolute Gasteiger partial charge is 0.272 e. The van der Waals surface area contributed by atoms with Crippen molar-refractivity contribution in [1.82, 2.24) is 0 Å². The van der Waals surface area contributed by atoms with E-state index in [1.807, 2.05) is 56.3 Å². The van der Waals surface area contributed by atoms with Crippen molar-refractivity contribution in [2.75, 3.05) is 17.3 Å². The van der Waals surface area contributed by atoms with Gasteiger partial charge in [0.1, 0.15) is 0 Å². The zero-order valence-corrected chi connectivity index (χ0v) is 18.0. The summed E-state index contributed by atoms with van der Waals surface area (Å²) in [5, 5.41) is 9.25. The Balaban J connectivity index is 1.97. The van der Waals surface area contributed by atoms with Crippen LogP contribution in [0, 0.1) is 13.8 Å². The van der Waals surface area contributed by atoms with Gasteiger partial charge in [-0.25, -0.2) is 4.90 Å². The van der Waals surface area contributed by atoms with Gasteiger partial charge in [0.15, 0.2) is 0 Å². The number of amides is 2. The van der Waals surface area contributed by atoms with E-state index in [-0.39, 0.29) is 18.4 Å². The van der Waals surface area contributed by atoms with Crippen molar-refractivity contribution in [2.45, 2.75) is 40.0 Å². The Kier molecular flexibility index (Phi) is 6.93. The molecule has 152 valence electrons. The maximum atomic E-state index is 13.3. The lowest BCUT2D eigenvalue weighted by atomic mass is 10.0. The summed E-state index contributed by atoms with van der Waals surface area (Å²) in [6, 6.07) is 13.5. The Bertz CT molecular complexity index is 947. The van der Waals surface area contributed by atoms with E-state index in [4.69, 9.17) is 0 Å². The van der Waals surface area contributed by atoms with Gasteiger partial charge in [0.2, 0.25) is 0 Å². The molecule has 0 spiro atoms. The van der Waals surface area contributed by atoms with Crippen molar-refractivity contribution in [3.8, 4) is 0 Å². The second kappa shape index (κ2) is 9.42. The fourth-order valence-corrected chi connectivity index (χ4v) is 4.23. The maximum Gasteiger partial charge on any atom is 0.272 e. The molecule has 0 fully saturated rings. The highest BCUT2D eigenvalue weighted by Gasteiger charge is 2.40. The first kappa shape index (κ1) is 21.3. The SMILES string of the molecule is CCCCc1ccc(N2C(=O)C(SCCO)=C(c3ccc(C)c(C)c3)C2=O)cc1. The van der Waals surface area contributed by atoms with Gasteiger partial charge in [0.05, 0.1) is 22.8 Å². The van der Waals surface area contributed by atoms with Gasteiger partial charge in [-0.2, -0.15) is 0 Å². The summed E-state index contributed by atoms with van der Waals surface area (Å²) in [6.07, 6.45) is 3.23. The van der Waals surface area contributed by atoms with E-state index < -0.39 is 0 Å². The summed E-state index contributed by atoms with van der Waals surface area (Å²) in [5.74, 6) is -0.255. The molecule has 2 aromatic rings. The van der Waals surface area contributed by atoms with Crippen LogP contribution in [0.1, 0.15) is 42.0 Å². The van der Waals surface area contributed by atoms with Gasteiger partial charge in [-0.3, -0.25) is 9.59 Å². The van der Waals surface area contributed by atoms with Crippen LogP contribution in [0.15, 0.2) is 47.4 Å². The second-order valence-corrected chi connectivity index (χ2v) is 8.40. The van der Waals surface area contributed by atoms with Crippen LogP contribution in [0.25, 0.3) is 5.57 Å². The van der Waals surface area contributed by atoms with Crippen molar-refractivity contribution >= 4 is 34.8 Å². The summed E-state index contributed by atoms with van der Waals surface area (Å²) < 4.78 is 0. The van der Waals surface area contributed by atoms with Crippen LogP contribution < -0.4 is 4.90 Å². The molecule has 0 radical (unpaired) electrons. The third-order valence-corrected chi connectivity index (χ3v) is 6.24. The zero-order chi connectivity index (χ0) is 21.0. The average Bonchev–Trinajstić information content (AvgIpc) is 2.97. The van der Waals surface area contributed by atoms with Crippen LogP contribution in [0.3, 0.4) is 0 Å². The van der Waals surface area contributed by atoms with Crippen LogP contribution in [-0.4, -0.2) is 29.3 Å². The first-order chi connectivity index (χ1) is 14.0. The summed E-state index contributed by atoms with van der Waals surface area (Å²) >= 11 is 1.24. The van der Waals surface area contributed by atoms with E-state index >= 15 is 0 Å². The van der Waals surface area contributed by atoms with E-state index in [0.717, 1.165) is 36.0 Å². The van der Waals surface area contributed by atoms with Gasteiger partial charge < -0.3 is 5.11 Å². The van der Waals surface area contributed by atoms with Crippen LogP contribution >= 0.6 is 11.8 Å². The average molecular weight is 410 g/mol. The largest absolute Gasteiger partial charge is 0.396 e. The Morgan fingerprint density at radius 2 is 1.69 bits per heavy atom. The minimum atomic E-state index is -0.317. The molecule has 29 heavy (non-hydrogen) atoms. The molecule has 1 N–H and O–H groups in total. The van der Waals surface area contributed by atoms with E-state index in [0.29, 0.717) is 21.9 Å². The number of carbonyl (C=O) groups is 2. The zero-order valence-electron chi connectivity index (χ0n) is 17.2. The molecule has 0 unspecified atom stereocenters. The molecule has 0 atom stereocenters. The lowest BCUT2D eigenvalue weighted by Crippen LogP contribution is -2.31. The lowest BCUT2D eigenvalue weighted by molar-refractivity contribution is -0.119. The van der Waals surface area contributed by atoms with Crippen molar-refractivity contribution in [3.05, 3.63) is 69.6 Å². The van der Waals surface area contributed by atoms with E-state index in [1.54, 1.807) is 0 Å². The normalized spacial score (nSPS) is 14.3. The first-order valence-electron chi connectivity index (χ1n) is 10.0. The molecule has 0 aliphatic carbocycles. The number of rotatable bonds is 8. The minimum Gasteiger partial charge on any atom is -0.396 e. The van der Waals surface area contributed by atoms with Crippen molar-refractivity contribution in [3.63, 3.8) is 0 Å². The molecule has 4 nitrogen and oxygen atoms in total. The number of thioether (sulfide) groups is 1. The van der Waals surface area contributed by atoms with Gasteiger partial charge in [0, 0.05) is 5.75 Å². The third kappa shape index (κ3) is 4.46. The molecule has 2 aromatic carbocycles. The number of aryl methyl sites for hydroxylation is 3. The summed E-state index contributed by atoms with van der Waals surface area (Å²) in [5.41, 5.74) is 5.16. The van der Waals surface area contributed by atoms with Crippen LogP contribution in [0.2, 0.25) is 0 Å². The Labute approximate surface area is 176 Å². The number of nitrogens with zero attached hydrogens (tertiary/aromatic N) is 1. The van der Waals surface area contributed by atoms with Gasteiger partial charge in [-0.15, -0.1) is 11.8 Å². The molecule has 0 bridgehead atoms. The summed E-state index contributed by atoms with van der Waals surface area (Å²) in [4.78, 5) is 28.1. The monoisotopic (exact) mass is 409 g/mol. The molecule has 1 aliphatic rings. The molecule has 3 rings (SSSR count). The highest BCUT2D eigenvalue weighted by Crippen LogP contribution is 2.38. The lowest BCUT2D eigenvalue weighted by Gasteiger charge is -2.16. The third-order valence-electron chi connectivity index (χ3n) is 5.19. The van der Waals surface area contributed by atoms with Crippen LogP contribution in [-0.2, 0) is 16.0 Å². The van der Waals surface area contributed by atoms with Crippen molar-refractivity contribution in [2.24, 2.45) is 0 Å². The van der Waals surface area contributed by atoms with Gasteiger partial charge >= 0.3 is 0 Å². The molecule has 0 saturated carbocycles. The van der Waals surface area contributed by atoms with Gasteiger partial charge in [-0.05, 0) is 61.1 Å². The van der Waals surface area contributed by atoms with Crippen LogP contribution in [0.5, 0.6) is 0 Å². The molecule has 1 heterocycles. The number of aliphatic hydroxyl groups excluding tert-OH is 1.